The summed E-state index contributed by atoms with van der Waals surface area (Å²) < 4.78 is 31.9. The van der Waals surface area contributed by atoms with E-state index in [1.54, 1.807) is 7.11 Å². The average Bonchev–Trinajstić information content (AvgIpc) is 3.24. The first-order valence-corrected chi connectivity index (χ1v) is 10.6. The molecule has 28 heavy (non-hydrogen) atoms. The van der Waals surface area contributed by atoms with Gasteiger partial charge in [-0.3, -0.25) is 4.79 Å². The minimum atomic E-state index is -3.62. The Morgan fingerprint density at radius 3 is 2.64 bits per heavy atom. The SMILES string of the molecule is COc1cccc(CCC(=O)Nc2cc(S(=O)(=O)N3CCCC3)ccc2O)c1. The third-order valence-corrected chi connectivity index (χ3v) is 6.61. The number of rotatable bonds is 7. The zero-order chi connectivity index (χ0) is 20.1. The zero-order valence-electron chi connectivity index (χ0n) is 15.7. The van der Waals surface area contributed by atoms with Gasteiger partial charge in [0.25, 0.3) is 0 Å². The van der Waals surface area contributed by atoms with Crippen molar-refractivity contribution in [2.24, 2.45) is 0 Å². The number of methoxy groups -OCH3 is 1. The normalized spacial score (nSPS) is 14.8. The quantitative estimate of drug-likeness (QED) is 0.692. The van der Waals surface area contributed by atoms with Crippen molar-refractivity contribution in [3.63, 3.8) is 0 Å². The smallest absolute Gasteiger partial charge is 0.243 e. The third kappa shape index (κ3) is 4.63. The van der Waals surface area contributed by atoms with Crippen LogP contribution in [0.4, 0.5) is 5.69 Å². The Balaban J connectivity index is 1.68. The molecule has 1 heterocycles. The van der Waals surface area contributed by atoms with Gasteiger partial charge in [0, 0.05) is 19.5 Å². The predicted octanol–water partition coefficient (Wildman–Crippen LogP) is 2.76. The van der Waals surface area contributed by atoms with Gasteiger partial charge in [0.05, 0.1) is 17.7 Å². The van der Waals surface area contributed by atoms with E-state index < -0.39 is 10.0 Å². The second-order valence-corrected chi connectivity index (χ2v) is 8.63. The van der Waals surface area contributed by atoms with Gasteiger partial charge >= 0.3 is 0 Å². The summed E-state index contributed by atoms with van der Waals surface area (Å²) in [6.07, 6.45) is 2.36. The number of benzene rings is 2. The second kappa shape index (κ2) is 8.62. The third-order valence-electron chi connectivity index (χ3n) is 4.72. The van der Waals surface area contributed by atoms with Gasteiger partial charge in [-0.15, -0.1) is 0 Å². The van der Waals surface area contributed by atoms with Crippen molar-refractivity contribution in [3.05, 3.63) is 48.0 Å². The number of sulfonamides is 1. The van der Waals surface area contributed by atoms with E-state index in [-0.39, 0.29) is 28.7 Å². The lowest BCUT2D eigenvalue weighted by molar-refractivity contribution is -0.116. The lowest BCUT2D eigenvalue weighted by Crippen LogP contribution is -2.28. The van der Waals surface area contributed by atoms with Crippen LogP contribution in [0.15, 0.2) is 47.4 Å². The number of carbonyl (C=O) groups excluding carboxylic acids is 1. The number of hydrogen-bond acceptors (Lipinski definition) is 5. The number of anilines is 1. The fourth-order valence-corrected chi connectivity index (χ4v) is 4.70. The Bertz CT molecular complexity index is 953. The van der Waals surface area contributed by atoms with Gasteiger partial charge in [-0.05, 0) is 55.2 Å². The van der Waals surface area contributed by atoms with E-state index in [1.807, 2.05) is 24.3 Å². The summed E-state index contributed by atoms with van der Waals surface area (Å²) in [5, 5.41) is 12.6. The maximum Gasteiger partial charge on any atom is 0.243 e. The van der Waals surface area contributed by atoms with Crippen LogP contribution in [-0.2, 0) is 21.2 Å². The predicted molar refractivity (Wildman–Crippen MR) is 106 cm³/mol. The molecule has 0 atom stereocenters. The van der Waals surface area contributed by atoms with Gasteiger partial charge < -0.3 is 15.2 Å². The van der Waals surface area contributed by atoms with E-state index in [0.29, 0.717) is 19.5 Å². The summed E-state index contributed by atoms with van der Waals surface area (Å²) in [5.41, 5.74) is 1.04. The molecule has 1 aliphatic rings. The van der Waals surface area contributed by atoms with Gasteiger partial charge in [-0.2, -0.15) is 4.31 Å². The number of hydrogen-bond donors (Lipinski definition) is 2. The lowest BCUT2D eigenvalue weighted by Gasteiger charge is -2.16. The van der Waals surface area contributed by atoms with E-state index >= 15 is 0 Å². The standard InChI is InChI=1S/C20H24N2O5S/c1-27-16-6-4-5-15(13-16)7-10-20(24)21-18-14-17(8-9-19(18)23)28(25,26)22-11-2-3-12-22/h4-6,8-9,13-14,23H,2-3,7,10-12H2,1H3,(H,21,24). The van der Waals surface area contributed by atoms with Crippen LogP contribution >= 0.6 is 0 Å². The molecule has 1 amide bonds. The number of amides is 1. The highest BCUT2D eigenvalue weighted by Gasteiger charge is 2.27. The average molecular weight is 404 g/mol. The number of nitrogens with one attached hydrogen (secondary N) is 1. The number of aryl methyl sites for hydroxylation is 1. The molecule has 2 aromatic carbocycles. The van der Waals surface area contributed by atoms with Crippen molar-refractivity contribution in [2.75, 3.05) is 25.5 Å². The van der Waals surface area contributed by atoms with Gasteiger partial charge in [0.15, 0.2) is 0 Å². The number of carbonyl (C=O) groups is 1. The molecule has 0 radical (unpaired) electrons. The first kappa shape index (κ1) is 20.2. The number of phenols is 1. The maximum atomic E-state index is 12.7. The zero-order valence-corrected chi connectivity index (χ0v) is 16.5. The molecule has 2 N–H and O–H groups in total. The van der Waals surface area contributed by atoms with Crippen LogP contribution in [0.2, 0.25) is 0 Å². The Hall–Kier alpha value is -2.58. The van der Waals surface area contributed by atoms with E-state index in [0.717, 1.165) is 24.2 Å². The van der Waals surface area contributed by atoms with Crippen molar-refractivity contribution in [1.29, 1.82) is 0 Å². The Morgan fingerprint density at radius 2 is 1.93 bits per heavy atom. The molecule has 0 aromatic heterocycles. The summed E-state index contributed by atoms with van der Waals surface area (Å²) >= 11 is 0. The van der Waals surface area contributed by atoms with Crippen LogP contribution < -0.4 is 10.1 Å². The first-order chi connectivity index (χ1) is 13.4. The molecule has 3 rings (SSSR count). The maximum absolute atomic E-state index is 12.7. The van der Waals surface area contributed by atoms with E-state index in [9.17, 15) is 18.3 Å². The number of aromatic hydroxyl groups is 1. The van der Waals surface area contributed by atoms with E-state index in [1.165, 1.54) is 22.5 Å². The fraction of sp³-hybridized carbons (Fsp3) is 0.350. The van der Waals surface area contributed by atoms with Crippen LogP contribution in [-0.4, -0.2) is 43.9 Å². The summed E-state index contributed by atoms with van der Waals surface area (Å²) in [4.78, 5) is 12.4. The first-order valence-electron chi connectivity index (χ1n) is 9.16. The molecule has 2 aromatic rings. The highest BCUT2D eigenvalue weighted by atomic mass is 32.2. The summed E-state index contributed by atoms with van der Waals surface area (Å²) in [7, 11) is -2.04. The minimum absolute atomic E-state index is 0.0651. The number of phenolic OH excluding ortho intramolecular Hbond substituents is 1. The van der Waals surface area contributed by atoms with Crippen LogP contribution in [0.3, 0.4) is 0 Å². The topological polar surface area (TPSA) is 95.9 Å². The van der Waals surface area contributed by atoms with E-state index in [2.05, 4.69) is 5.32 Å². The van der Waals surface area contributed by atoms with Crippen molar-refractivity contribution >= 4 is 21.6 Å². The molecule has 0 spiro atoms. The molecule has 0 saturated carbocycles. The second-order valence-electron chi connectivity index (χ2n) is 6.69. The highest BCUT2D eigenvalue weighted by molar-refractivity contribution is 7.89. The molecule has 0 bridgehead atoms. The fourth-order valence-electron chi connectivity index (χ4n) is 3.15. The molecule has 1 aliphatic heterocycles. The molecule has 150 valence electrons. The van der Waals surface area contributed by atoms with Crippen LogP contribution in [0.5, 0.6) is 11.5 Å². The van der Waals surface area contributed by atoms with Gasteiger partial charge in [0.2, 0.25) is 15.9 Å². The van der Waals surface area contributed by atoms with Gasteiger partial charge in [0.1, 0.15) is 11.5 Å². The Morgan fingerprint density at radius 1 is 1.18 bits per heavy atom. The van der Waals surface area contributed by atoms with Crippen molar-refractivity contribution in [2.45, 2.75) is 30.6 Å². The minimum Gasteiger partial charge on any atom is -0.506 e. The summed E-state index contributed by atoms with van der Waals surface area (Å²) in [6, 6.07) is 11.4. The van der Waals surface area contributed by atoms with Crippen LogP contribution in [0, 0.1) is 0 Å². The lowest BCUT2D eigenvalue weighted by atomic mass is 10.1. The van der Waals surface area contributed by atoms with Gasteiger partial charge in [-0.1, -0.05) is 12.1 Å². The largest absolute Gasteiger partial charge is 0.506 e. The van der Waals surface area contributed by atoms with Crippen LogP contribution in [0.25, 0.3) is 0 Å². The molecule has 8 heteroatoms. The Kier molecular flexibility index (Phi) is 6.21. The van der Waals surface area contributed by atoms with Crippen molar-refractivity contribution in [1.82, 2.24) is 4.31 Å². The van der Waals surface area contributed by atoms with Gasteiger partial charge in [-0.25, -0.2) is 8.42 Å². The monoisotopic (exact) mass is 404 g/mol. The number of nitrogens with zero attached hydrogens (tertiary/aromatic N) is 1. The van der Waals surface area contributed by atoms with Crippen molar-refractivity contribution in [3.8, 4) is 11.5 Å². The highest BCUT2D eigenvalue weighted by Crippen LogP contribution is 2.29. The molecule has 0 unspecified atom stereocenters. The van der Waals surface area contributed by atoms with E-state index in [4.69, 9.17) is 4.74 Å². The molecule has 1 saturated heterocycles. The molecule has 1 fully saturated rings. The Labute approximate surface area is 165 Å². The molecular formula is C20H24N2O5S. The summed E-state index contributed by atoms with van der Waals surface area (Å²) in [5.74, 6) is 0.235. The van der Waals surface area contributed by atoms with Crippen LogP contribution in [0.1, 0.15) is 24.8 Å². The molecular weight excluding hydrogens is 380 g/mol. The molecule has 0 aliphatic carbocycles. The molecule has 7 nitrogen and oxygen atoms in total. The van der Waals surface area contributed by atoms with Crippen molar-refractivity contribution < 1.29 is 23.1 Å². The summed E-state index contributed by atoms with van der Waals surface area (Å²) in [6.45, 7) is 0.983. The number of ether oxygens (including phenoxy) is 1.